The summed E-state index contributed by atoms with van der Waals surface area (Å²) in [7, 11) is 4.04. The molecule has 0 aliphatic rings. The van der Waals surface area contributed by atoms with Gasteiger partial charge in [-0.3, -0.25) is 9.88 Å². The monoisotopic (exact) mass is 276 g/mol. The SMILES string of the molecule is CNCc1nc(CN(C)Cc2cccc(C)n2)cs1. The third-order valence-electron chi connectivity index (χ3n) is 2.74. The van der Waals surface area contributed by atoms with E-state index in [9.17, 15) is 0 Å². The molecule has 2 aromatic rings. The van der Waals surface area contributed by atoms with E-state index in [4.69, 9.17) is 0 Å². The summed E-state index contributed by atoms with van der Waals surface area (Å²) < 4.78 is 0. The zero-order valence-electron chi connectivity index (χ0n) is 11.7. The highest BCUT2D eigenvalue weighted by molar-refractivity contribution is 7.09. The third kappa shape index (κ3) is 4.38. The Bertz CT molecular complexity index is 524. The summed E-state index contributed by atoms with van der Waals surface area (Å²) in [6, 6.07) is 6.14. The van der Waals surface area contributed by atoms with Crippen molar-refractivity contribution in [2.24, 2.45) is 0 Å². The zero-order valence-corrected chi connectivity index (χ0v) is 12.5. The molecule has 1 N–H and O–H groups in total. The molecular formula is C14H20N4S. The van der Waals surface area contributed by atoms with Gasteiger partial charge in [0.1, 0.15) is 5.01 Å². The van der Waals surface area contributed by atoms with E-state index in [0.717, 1.165) is 41.7 Å². The average Bonchev–Trinajstić information content (AvgIpc) is 2.77. The second-order valence-electron chi connectivity index (χ2n) is 4.71. The van der Waals surface area contributed by atoms with Crippen molar-refractivity contribution in [1.82, 2.24) is 20.2 Å². The molecule has 0 aliphatic heterocycles. The molecule has 2 heterocycles. The summed E-state index contributed by atoms with van der Waals surface area (Å²) in [6.07, 6.45) is 0. The average molecular weight is 276 g/mol. The fourth-order valence-corrected chi connectivity index (χ4v) is 2.75. The fourth-order valence-electron chi connectivity index (χ4n) is 1.95. The molecule has 0 saturated carbocycles. The number of rotatable bonds is 6. The van der Waals surface area contributed by atoms with Crippen LogP contribution in [0.4, 0.5) is 0 Å². The standard InChI is InChI=1S/C14H20N4S/c1-11-5-4-6-12(16-11)8-18(3)9-13-10-19-14(17-13)7-15-2/h4-6,10,15H,7-9H2,1-3H3. The predicted octanol–water partition coefficient (Wildman–Crippen LogP) is 2.20. The number of hydrogen-bond donors (Lipinski definition) is 1. The van der Waals surface area contributed by atoms with Gasteiger partial charge in [-0.05, 0) is 33.2 Å². The lowest BCUT2D eigenvalue weighted by Crippen LogP contribution is -2.18. The second kappa shape index (κ2) is 6.75. The molecule has 0 saturated heterocycles. The molecule has 2 rings (SSSR count). The maximum Gasteiger partial charge on any atom is 0.107 e. The maximum absolute atomic E-state index is 4.59. The summed E-state index contributed by atoms with van der Waals surface area (Å²) in [6.45, 7) is 4.57. The first-order chi connectivity index (χ1) is 9.17. The fraction of sp³-hybridized carbons (Fsp3) is 0.429. The lowest BCUT2D eigenvalue weighted by molar-refractivity contribution is 0.311. The number of pyridine rings is 1. The summed E-state index contributed by atoms with van der Waals surface area (Å²) in [5, 5.41) is 6.39. The molecule has 0 aromatic carbocycles. The van der Waals surface area contributed by atoms with E-state index >= 15 is 0 Å². The third-order valence-corrected chi connectivity index (χ3v) is 3.63. The van der Waals surface area contributed by atoms with Crippen LogP contribution in [-0.2, 0) is 19.6 Å². The Morgan fingerprint density at radius 1 is 1.21 bits per heavy atom. The Morgan fingerprint density at radius 3 is 2.74 bits per heavy atom. The van der Waals surface area contributed by atoms with Crippen LogP contribution >= 0.6 is 11.3 Å². The topological polar surface area (TPSA) is 41.1 Å². The van der Waals surface area contributed by atoms with Gasteiger partial charge in [-0.2, -0.15) is 0 Å². The van der Waals surface area contributed by atoms with Crippen LogP contribution in [0.25, 0.3) is 0 Å². The number of aromatic nitrogens is 2. The van der Waals surface area contributed by atoms with E-state index in [1.165, 1.54) is 0 Å². The summed E-state index contributed by atoms with van der Waals surface area (Å²) in [4.78, 5) is 11.3. The summed E-state index contributed by atoms with van der Waals surface area (Å²) in [5.41, 5.74) is 3.30. The second-order valence-corrected chi connectivity index (χ2v) is 5.65. The molecule has 0 fully saturated rings. The van der Waals surface area contributed by atoms with Gasteiger partial charge < -0.3 is 5.32 Å². The van der Waals surface area contributed by atoms with Crippen molar-refractivity contribution in [3.8, 4) is 0 Å². The normalized spacial score (nSPS) is 11.2. The van der Waals surface area contributed by atoms with Gasteiger partial charge in [-0.25, -0.2) is 4.98 Å². The van der Waals surface area contributed by atoms with E-state index in [1.54, 1.807) is 11.3 Å². The van der Waals surface area contributed by atoms with Gasteiger partial charge in [0, 0.05) is 30.7 Å². The quantitative estimate of drug-likeness (QED) is 0.878. The molecular weight excluding hydrogens is 256 g/mol. The molecule has 4 nitrogen and oxygen atoms in total. The van der Waals surface area contributed by atoms with Gasteiger partial charge in [0.15, 0.2) is 0 Å². The van der Waals surface area contributed by atoms with E-state index < -0.39 is 0 Å². The van der Waals surface area contributed by atoms with E-state index in [1.807, 2.05) is 20.0 Å². The van der Waals surface area contributed by atoms with Gasteiger partial charge in [0.25, 0.3) is 0 Å². The first-order valence-electron chi connectivity index (χ1n) is 6.36. The molecule has 5 heteroatoms. The van der Waals surface area contributed by atoms with Gasteiger partial charge in [-0.15, -0.1) is 11.3 Å². The summed E-state index contributed by atoms with van der Waals surface area (Å²) in [5.74, 6) is 0. The molecule has 0 radical (unpaired) electrons. The minimum Gasteiger partial charge on any atom is -0.314 e. The number of nitrogens with one attached hydrogen (secondary N) is 1. The van der Waals surface area contributed by atoms with Crippen LogP contribution in [0.3, 0.4) is 0 Å². The first-order valence-corrected chi connectivity index (χ1v) is 7.24. The Balaban J connectivity index is 1.91. The molecule has 0 unspecified atom stereocenters. The Kier molecular flexibility index (Phi) is 5.01. The lowest BCUT2D eigenvalue weighted by Gasteiger charge is -2.14. The van der Waals surface area contributed by atoms with Crippen LogP contribution in [0.5, 0.6) is 0 Å². The van der Waals surface area contributed by atoms with Crippen LogP contribution in [0, 0.1) is 6.92 Å². The first kappa shape index (κ1) is 14.1. The molecule has 0 amide bonds. The Morgan fingerprint density at radius 2 is 2.00 bits per heavy atom. The summed E-state index contributed by atoms with van der Waals surface area (Å²) >= 11 is 1.71. The van der Waals surface area contributed by atoms with Crippen molar-refractivity contribution in [2.45, 2.75) is 26.6 Å². The van der Waals surface area contributed by atoms with Crippen molar-refractivity contribution >= 4 is 11.3 Å². The minimum absolute atomic E-state index is 0.841. The van der Waals surface area contributed by atoms with Gasteiger partial charge >= 0.3 is 0 Å². The number of thiazole rings is 1. The van der Waals surface area contributed by atoms with Crippen LogP contribution < -0.4 is 5.32 Å². The molecule has 102 valence electrons. The van der Waals surface area contributed by atoms with Crippen molar-refractivity contribution in [1.29, 1.82) is 0 Å². The molecule has 0 aliphatic carbocycles. The molecule has 0 bridgehead atoms. The van der Waals surface area contributed by atoms with Crippen molar-refractivity contribution in [3.63, 3.8) is 0 Å². The van der Waals surface area contributed by atoms with Crippen LogP contribution in [0.2, 0.25) is 0 Å². The number of nitrogens with zero attached hydrogens (tertiary/aromatic N) is 3. The molecule has 19 heavy (non-hydrogen) atoms. The Hall–Kier alpha value is -1.30. The van der Waals surface area contributed by atoms with Gasteiger partial charge in [0.2, 0.25) is 0 Å². The Labute approximate surface area is 118 Å². The smallest absolute Gasteiger partial charge is 0.107 e. The van der Waals surface area contributed by atoms with Crippen LogP contribution in [0.15, 0.2) is 23.6 Å². The predicted molar refractivity (Wildman–Crippen MR) is 79.0 cm³/mol. The van der Waals surface area contributed by atoms with Gasteiger partial charge in [0.05, 0.1) is 11.4 Å². The molecule has 0 spiro atoms. The largest absolute Gasteiger partial charge is 0.314 e. The number of hydrogen-bond acceptors (Lipinski definition) is 5. The highest BCUT2D eigenvalue weighted by Gasteiger charge is 2.06. The van der Waals surface area contributed by atoms with E-state index in [0.29, 0.717) is 0 Å². The van der Waals surface area contributed by atoms with E-state index in [2.05, 4.69) is 44.7 Å². The van der Waals surface area contributed by atoms with Crippen LogP contribution in [-0.4, -0.2) is 29.0 Å². The van der Waals surface area contributed by atoms with Crippen molar-refractivity contribution in [2.75, 3.05) is 14.1 Å². The highest BCUT2D eigenvalue weighted by Crippen LogP contribution is 2.12. The zero-order chi connectivity index (χ0) is 13.7. The molecule has 2 aromatic heterocycles. The highest BCUT2D eigenvalue weighted by atomic mass is 32.1. The van der Waals surface area contributed by atoms with Crippen molar-refractivity contribution < 1.29 is 0 Å². The van der Waals surface area contributed by atoms with E-state index in [-0.39, 0.29) is 0 Å². The van der Waals surface area contributed by atoms with Crippen molar-refractivity contribution in [3.05, 3.63) is 45.7 Å². The molecule has 0 atom stereocenters. The lowest BCUT2D eigenvalue weighted by atomic mass is 10.3. The van der Waals surface area contributed by atoms with Crippen LogP contribution in [0.1, 0.15) is 22.1 Å². The minimum atomic E-state index is 0.841. The van der Waals surface area contributed by atoms with Gasteiger partial charge in [-0.1, -0.05) is 6.07 Å². The maximum atomic E-state index is 4.59. The number of aryl methyl sites for hydroxylation is 1.